The Labute approximate surface area is 138 Å². The molecule has 0 aliphatic carbocycles. The molecule has 3 aromatic rings. The van der Waals surface area contributed by atoms with Crippen LogP contribution in [0.2, 0.25) is 0 Å². The van der Waals surface area contributed by atoms with Gasteiger partial charge in [0.05, 0.1) is 5.75 Å². The molecule has 0 spiro atoms. The van der Waals surface area contributed by atoms with E-state index in [0.717, 1.165) is 16.8 Å². The zero-order valence-corrected chi connectivity index (χ0v) is 13.7. The maximum atomic E-state index is 12.1. The van der Waals surface area contributed by atoms with Crippen molar-refractivity contribution in [3.05, 3.63) is 60.2 Å². The number of carbonyl (C=O) groups excluding carboxylic acids is 1. The van der Waals surface area contributed by atoms with Crippen molar-refractivity contribution in [2.24, 2.45) is 0 Å². The summed E-state index contributed by atoms with van der Waals surface area (Å²) in [5.41, 5.74) is 3.07. The van der Waals surface area contributed by atoms with E-state index < -0.39 is 0 Å². The number of anilines is 1. The summed E-state index contributed by atoms with van der Waals surface area (Å²) in [7, 11) is 0. The average Bonchev–Trinajstić information content (AvgIpc) is 3.15. The Morgan fingerprint density at radius 1 is 1.17 bits per heavy atom. The van der Waals surface area contributed by atoms with Gasteiger partial charge in [-0.3, -0.25) is 9.47 Å². The summed E-state index contributed by atoms with van der Waals surface area (Å²) in [6.45, 7) is 4.02. The molecule has 0 saturated heterocycles. The molecule has 0 atom stereocenters. The number of hydrogen-bond donors (Lipinski definition) is 1. The molecular formula is C16H17N5OS. The number of aryl methyl sites for hydroxylation is 2. The average molecular weight is 327 g/mol. The molecule has 7 heteroatoms. The first-order valence-corrected chi connectivity index (χ1v) is 8.15. The van der Waals surface area contributed by atoms with Gasteiger partial charge < -0.3 is 5.32 Å². The van der Waals surface area contributed by atoms with E-state index in [2.05, 4.69) is 21.6 Å². The lowest BCUT2D eigenvalue weighted by atomic mass is 10.1. The minimum Gasteiger partial charge on any atom is -0.325 e. The Morgan fingerprint density at radius 3 is 2.57 bits per heavy atom. The van der Waals surface area contributed by atoms with E-state index in [1.54, 1.807) is 11.0 Å². The van der Waals surface area contributed by atoms with E-state index in [4.69, 9.17) is 0 Å². The molecule has 2 aromatic heterocycles. The fourth-order valence-electron chi connectivity index (χ4n) is 2.32. The van der Waals surface area contributed by atoms with Crippen LogP contribution in [0.25, 0.3) is 0 Å². The highest BCUT2D eigenvalue weighted by Gasteiger charge is 2.10. The van der Waals surface area contributed by atoms with Gasteiger partial charge in [0.1, 0.15) is 6.33 Å². The molecule has 0 saturated carbocycles. The van der Waals surface area contributed by atoms with Gasteiger partial charge in [0.2, 0.25) is 11.1 Å². The lowest BCUT2D eigenvalue weighted by Crippen LogP contribution is -2.15. The van der Waals surface area contributed by atoms with E-state index >= 15 is 0 Å². The zero-order valence-electron chi connectivity index (χ0n) is 12.9. The van der Waals surface area contributed by atoms with E-state index in [1.165, 1.54) is 11.8 Å². The molecule has 1 N–H and O–H groups in total. The number of hydrogen-bond acceptors (Lipinski definition) is 4. The van der Waals surface area contributed by atoms with E-state index in [-0.39, 0.29) is 11.7 Å². The Hall–Kier alpha value is -2.54. The first kappa shape index (κ1) is 15.4. The summed E-state index contributed by atoms with van der Waals surface area (Å²) >= 11 is 1.34. The van der Waals surface area contributed by atoms with Crippen LogP contribution < -0.4 is 5.32 Å². The fourth-order valence-corrected chi connectivity index (χ4v) is 3.03. The molecule has 118 valence electrons. The van der Waals surface area contributed by atoms with Crippen LogP contribution in [0.4, 0.5) is 5.69 Å². The molecule has 0 aliphatic rings. The quantitative estimate of drug-likeness (QED) is 0.732. The highest BCUT2D eigenvalue weighted by Crippen LogP contribution is 2.17. The van der Waals surface area contributed by atoms with Crippen LogP contribution in [0.5, 0.6) is 0 Å². The second-order valence-corrected chi connectivity index (χ2v) is 6.18. The lowest BCUT2D eigenvalue weighted by Gasteiger charge is -2.08. The Kier molecular flexibility index (Phi) is 4.47. The highest BCUT2D eigenvalue weighted by molar-refractivity contribution is 7.99. The molecule has 0 bridgehead atoms. The molecule has 3 rings (SSSR count). The third-order valence-corrected chi connectivity index (χ3v) is 4.11. The highest BCUT2D eigenvalue weighted by atomic mass is 32.2. The smallest absolute Gasteiger partial charge is 0.234 e. The summed E-state index contributed by atoms with van der Waals surface area (Å²) in [5, 5.41) is 11.5. The lowest BCUT2D eigenvalue weighted by molar-refractivity contribution is -0.113. The van der Waals surface area contributed by atoms with Gasteiger partial charge in [0.25, 0.3) is 0 Å². The Bertz CT molecular complexity index is 790. The molecule has 0 aliphatic heterocycles. The van der Waals surface area contributed by atoms with Gasteiger partial charge in [-0.15, -0.1) is 10.2 Å². The SMILES string of the molecule is Cc1cc(C)cc(NC(=O)CSc2nncn2-n2cccc2)c1. The first-order chi connectivity index (χ1) is 11.1. The number of aromatic nitrogens is 4. The number of thioether (sulfide) groups is 1. The van der Waals surface area contributed by atoms with Gasteiger partial charge in [-0.05, 0) is 49.2 Å². The molecule has 2 heterocycles. The first-order valence-electron chi connectivity index (χ1n) is 7.16. The van der Waals surface area contributed by atoms with Crippen molar-refractivity contribution < 1.29 is 4.79 Å². The van der Waals surface area contributed by atoms with Gasteiger partial charge in [-0.2, -0.15) is 0 Å². The predicted octanol–water partition coefficient (Wildman–Crippen LogP) is 2.74. The van der Waals surface area contributed by atoms with Crippen LogP contribution in [0, 0.1) is 13.8 Å². The van der Waals surface area contributed by atoms with Crippen molar-refractivity contribution in [3.63, 3.8) is 0 Å². The molecular weight excluding hydrogens is 310 g/mol. The van der Waals surface area contributed by atoms with Gasteiger partial charge >= 0.3 is 0 Å². The maximum Gasteiger partial charge on any atom is 0.234 e. The van der Waals surface area contributed by atoms with Gasteiger partial charge in [-0.25, -0.2) is 4.68 Å². The van der Waals surface area contributed by atoms with Gasteiger partial charge in [-0.1, -0.05) is 17.8 Å². The van der Waals surface area contributed by atoms with Crippen LogP contribution in [0.15, 0.2) is 54.2 Å². The molecule has 1 aromatic carbocycles. The number of amides is 1. The molecule has 23 heavy (non-hydrogen) atoms. The van der Waals surface area contributed by atoms with Crippen molar-refractivity contribution in [1.82, 2.24) is 19.5 Å². The summed E-state index contributed by atoms with van der Waals surface area (Å²) in [6.07, 6.45) is 5.40. The van der Waals surface area contributed by atoms with Crippen molar-refractivity contribution in [1.29, 1.82) is 0 Å². The summed E-state index contributed by atoms with van der Waals surface area (Å²) in [5.74, 6) is 0.203. The van der Waals surface area contributed by atoms with Gasteiger partial charge in [0, 0.05) is 18.1 Å². The second kappa shape index (κ2) is 6.70. The molecule has 0 fully saturated rings. The van der Waals surface area contributed by atoms with Crippen LogP contribution >= 0.6 is 11.8 Å². The molecule has 1 amide bonds. The minimum absolute atomic E-state index is 0.0675. The molecule has 0 unspecified atom stereocenters. The predicted molar refractivity (Wildman–Crippen MR) is 90.5 cm³/mol. The summed E-state index contributed by atoms with van der Waals surface area (Å²) < 4.78 is 3.64. The summed E-state index contributed by atoms with van der Waals surface area (Å²) in [4.78, 5) is 12.1. The van der Waals surface area contributed by atoms with Crippen molar-refractivity contribution >= 4 is 23.4 Å². The van der Waals surface area contributed by atoms with Crippen LogP contribution in [-0.4, -0.2) is 31.2 Å². The standard InChI is InChI=1S/C16H17N5OS/c1-12-7-13(2)9-14(8-12)18-15(22)10-23-16-19-17-11-21(16)20-5-3-4-6-20/h3-9,11H,10H2,1-2H3,(H,18,22). The monoisotopic (exact) mass is 327 g/mol. The topological polar surface area (TPSA) is 64.7 Å². The van der Waals surface area contributed by atoms with E-state index in [0.29, 0.717) is 5.16 Å². The van der Waals surface area contributed by atoms with E-state index in [9.17, 15) is 4.79 Å². The number of benzene rings is 1. The van der Waals surface area contributed by atoms with E-state index in [1.807, 2.05) is 55.2 Å². The fraction of sp³-hybridized carbons (Fsp3) is 0.188. The second-order valence-electron chi connectivity index (χ2n) is 5.23. The number of rotatable bonds is 5. The van der Waals surface area contributed by atoms with Crippen LogP contribution in [0.1, 0.15) is 11.1 Å². The zero-order chi connectivity index (χ0) is 16.2. The molecule has 6 nitrogen and oxygen atoms in total. The maximum absolute atomic E-state index is 12.1. The van der Waals surface area contributed by atoms with Crippen molar-refractivity contribution in [3.8, 4) is 0 Å². The van der Waals surface area contributed by atoms with Crippen molar-refractivity contribution in [2.45, 2.75) is 19.0 Å². The molecule has 0 radical (unpaired) electrons. The van der Waals surface area contributed by atoms with Crippen molar-refractivity contribution in [2.75, 3.05) is 11.1 Å². The normalized spacial score (nSPS) is 10.7. The largest absolute Gasteiger partial charge is 0.325 e. The minimum atomic E-state index is -0.0675. The third-order valence-electron chi connectivity index (χ3n) is 3.18. The number of nitrogens with zero attached hydrogens (tertiary/aromatic N) is 4. The Morgan fingerprint density at radius 2 is 1.87 bits per heavy atom. The number of nitrogens with one attached hydrogen (secondary N) is 1. The third kappa shape index (κ3) is 3.81. The van der Waals surface area contributed by atoms with Gasteiger partial charge in [0.15, 0.2) is 0 Å². The van der Waals surface area contributed by atoms with Crippen LogP contribution in [-0.2, 0) is 4.79 Å². The number of carbonyl (C=O) groups is 1. The van der Waals surface area contributed by atoms with Crippen LogP contribution in [0.3, 0.4) is 0 Å². The Balaban J connectivity index is 1.63. The summed E-state index contributed by atoms with van der Waals surface area (Å²) in [6, 6.07) is 9.82.